The zero-order valence-corrected chi connectivity index (χ0v) is 9.10. The molecule has 1 atom stereocenters. The van der Waals surface area contributed by atoms with E-state index in [1.807, 2.05) is 12.4 Å². The minimum atomic E-state index is 0.383. The van der Waals surface area contributed by atoms with Crippen LogP contribution in [0.2, 0.25) is 0 Å². The Kier molecular flexibility index (Phi) is 3.69. The van der Waals surface area contributed by atoms with E-state index in [1.54, 1.807) is 0 Å². The lowest BCUT2D eigenvalue weighted by Crippen LogP contribution is -2.37. The number of pyridine rings is 1. The van der Waals surface area contributed by atoms with E-state index < -0.39 is 0 Å². The molecule has 1 aliphatic rings. The average Bonchev–Trinajstić information content (AvgIpc) is 2.33. The lowest BCUT2D eigenvalue weighted by Gasteiger charge is -2.34. The highest BCUT2D eigenvalue weighted by molar-refractivity contribution is 5.15. The Morgan fingerprint density at radius 3 is 2.47 bits per heavy atom. The molecule has 0 aromatic carbocycles. The number of nitrogens with two attached hydrogens (primary N) is 1. The zero-order chi connectivity index (χ0) is 10.5. The van der Waals surface area contributed by atoms with Crippen LogP contribution in [0.25, 0.3) is 0 Å². The summed E-state index contributed by atoms with van der Waals surface area (Å²) >= 11 is 0. The first-order chi connectivity index (χ1) is 7.42. The number of aromatic nitrogens is 1. The summed E-state index contributed by atoms with van der Waals surface area (Å²) in [6, 6.07) is 4.53. The van der Waals surface area contributed by atoms with Gasteiger partial charge in [0.25, 0.3) is 0 Å². The van der Waals surface area contributed by atoms with Crippen molar-refractivity contribution in [2.24, 2.45) is 5.73 Å². The van der Waals surface area contributed by atoms with E-state index in [-0.39, 0.29) is 0 Å². The molecule has 1 aromatic rings. The molecule has 1 aromatic heterocycles. The average molecular weight is 205 g/mol. The van der Waals surface area contributed by atoms with Gasteiger partial charge in [-0.05, 0) is 43.6 Å². The second-order valence-corrected chi connectivity index (χ2v) is 4.13. The van der Waals surface area contributed by atoms with Crippen LogP contribution in [0.15, 0.2) is 24.5 Å². The molecule has 0 aliphatic carbocycles. The van der Waals surface area contributed by atoms with E-state index in [2.05, 4.69) is 22.0 Å². The van der Waals surface area contributed by atoms with Crippen LogP contribution in [-0.4, -0.2) is 29.5 Å². The molecule has 0 radical (unpaired) electrons. The van der Waals surface area contributed by atoms with Gasteiger partial charge in [0, 0.05) is 25.0 Å². The molecule has 1 aliphatic heterocycles. The third kappa shape index (κ3) is 2.55. The molecule has 2 N–H and O–H groups in total. The molecular weight excluding hydrogens is 186 g/mol. The first kappa shape index (κ1) is 10.6. The standard InChI is InChI=1S/C12H19N3/c13-10-12(11-4-6-14-7-5-11)15-8-2-1-3-9-15/h4-7,12H,1-3,8-10,13H2. The lowest BCUT2D eigenvalue weighted by molar-refractivity contribution is 0.167. The van der Waals surface area contributed by atoms with Gasteiger partial charge in [-0.3, -0.25) is 9.88 Å². The summed E-state index contributed by atoms with van der Waals surface area (Å²) in [5, 5.41) is 0. The van der Waals surface area contributed by atoms with E-state index in [9.17, 15) is 0 Å². The van der Waals surface area contributed by atoms with E-state index in [0.29, 0.717) is 12.6 Å². The van der Waals surface area contributed by atoms with Gasteiger partial charge in [-0.1, -0.05) is 6.42 Å². The maximum Gasteiger partial charge on any atom is 0.0471 e. The van der Waals surface area contributed by atoms with Gasteiger partial charge in [-0.25, -0.2) is 0 Å². The Balaban J connectivity index is 2.09. The Morgan fingerprint density at radius 2 is 1.87 bits per heavy atom. The normalized spacial score (nSPS) is 20.1. The topological polar surface area (TPSA) is 42.1 Å². The van der Waals surface area contributed by atoms with Gasteiger partial charge in [0.2, 0.25) is 0 Å². The predicted molar refractivity (Wildman–Crippen MR) is 61.5 cm³/mol. The summed E-state index contributed by atoms with van der Waals surface area (Å²) in [6.07, 6.45) is 7.68. The number of hydrogen-bond acceptors (Lipinski definition) is 3. The zero-order valence-electron chi connectivity index (χ0n) is 9.10. The molecule has 0 saturated carbocycles. The van der Waals surface area contributed by atoms with Gasteiger partial charge in [0.05, 0.1) is 0 Å². The third-order valence-corrected chi connectivity index (χ3v) is 3.15. The van der Waals surface area contributed by atoms with Crippen LogP contribution in [0.1, 0.15) is 30.9 Å². The second kappa shape index (κ2) is 5.24. The molecule has 1 fully saturated rings. The van der Waals surface area contributed by atoms with Crippen molar-refractivity contribution in [2.75, 3.05) is 19.6 Å². The van der Waals surface area contributed by atoms with Crippen LogP contribution in [0.5, 0.6) is 0 Å². The predicted octanol–water partition coefficient (Wildman–Crippen LogP) is 1.57. The van der Waals surface area contributed by atoms with Crippen molar-refractivity contribution in [1.29, 1.82) is 0 Å². The quantitative estimate of drug-likeness (QED) is 0.814. The van der Waals surface area contributed by atoms with Crippen molar-refractivity contribution in [2.45, 2.75) is 25.3 Å². The molecule has 0 amide bonds. The van der Waals surface area contributed by atoms with Crippen molar-refractivity contribution >= 4 is 0 Å². The lowest BCUT2D eigenvalue weighted by atomic mass is 10.0. The summed E-state index contributed by atoms with van der Waals surface area (Å²) in [5.41, 5.74) is 7.17. The maximum atomic E-state index is 5.87. The maximum absolute atomic E-state index is 5.87. The van der Waals surface area contributed by atoms with Crippen molar-refractivity contribution in [1.82, 2.24) is 9.88 Å². The third-order valence-electron chi connectivity index (χ3n) is 3.15. The second-order valence-electron chi connectivity index (χ2n) is 4.13. The number of nitrogens with zero attached hydrogens (tertiary/aromatic N) is 2. The van der Waals surface area contributed by atoms with E-state index in [1.165, 1.54) is 37.9 Å². The number of rotatable bonds is 3. The molecular formula is C12H19N3. The van der Waals surface area contributed by atoms with E-state index in [0.717, 1.165) is 0 Å². The van der Waals surface area contributed by atoms with Crippen LogP contribution < -0.4 is 5.73 Å². The molecule has 15 heavy (non-hydrogen) atoms. The number of piperidine rings is 1. The molecule has 82 valence electrons. The summed E-state index contributed by atoms with van der Waals surface area (Å²) in [6.45, 7) is 3.07. The number of hydrogen-bond donors (Lipinski definition) is 1. The van der Waals surface area contributed by atoms with Crippen molar-refractivity contribution in [3.05, 3.63) is 30.1 Å². The molecule has 0 bridgehead atoms. The van der Waals surface area contributed by atoms with E-state index in [4.69, 9.17) is 5.73 Å². The SMILES string of the molecule is NCC(c1ccncc1)N1CCCCC1. The van der Waals surface area contributed by atoms with Gasteiger partial charge in [0.15, 0.2) is 0 Å². The van der Waals surface area contributed by atoms with Crippen molar-refractivity contribution in [3.63, 3.8) is 0 Å². The fraction of sp³-hybridized carbons (Fsp3) is 0.583. The highest BCUT2D eigenvalue weighted by Crippen LogP contribution is 2.22. The first-order valence-corrected chi connectivity index (χ1v) is 5.76. The molecule has 2 heterocycles. The van der Waals surface area contributed by atoms with Gasteiger partial charge in [-0.15, -0.1) is 0 Å². The van der Waals surface area contributed by atoms with Crippen LogP contribution in [0, 0.1) is 0 Å². The summed E-state index contributed by atoms with van der Waals surface area (Å²) < 4.78 is 0. The van der Waals surface area contributed by atoms with Crippen LogP contribution >= 0.6 is 0 Å². The largest absolute Gasteiger partial charge is 0.329 e. The van der Waals surface area contributed by atoms with Crippen LogP contribution in [0.4, 0.5) is 0 Å². The van der Waals surface area contributed by atoms with Crippen LogP contribution in [0.3, 0.4) is 0 Å². The minimum absolute atomic E-state index is 0.383. The Labute approximate surface area is 91.3 Å². The fourth-order valence-corrected chi connectivity index (χ4v) is 2.31. The van der Waals surface area contributed by atoms with Gasteiger partial charge in [-0.2, -0.15) is 0 Å². The fourth-order valence-electron chi connectivity index (χ4n) is 2.31. The van der Waals surface area contributed by atoms with Gasteiger partial charge in [0.1, 0.15) is 0 Å². The van der Waals surface area contributed by atoms with Crippen molar-refractivity contribution in [3.8, 4) is 0 Å². The molecule has 3 nitrogen and oxygen atoms in total. The Morgan fingerprint density at radius 1 is 1.20 bits per heavy atom. The summed E-state index contributed by atoms with van der Waals surface area (Å²) in [4.78, 5) is 6.55. The van der Waals surface area contributed by atoms with Gasteiger partial charge >= 0.3 is 0 Å². The minimum Gasteiger partial charge on any atom is -0.329 e. The summed E-state index contributed by atoms with van der Waals surface area (Å²) in [5.74, 6) is 0. The number of likely N-dealkylation sites (tertiary alicyclic amines) is 1. The highest BCUT2D eigenvalue weighted by Gasteiger charge is 2.20. The first-order valence-electron chi connectivity index (χ1n) is 5.76. The highest BCUT2D eigenvalue weighted by atomic mass is 15.2. The van der Waals surface area contributed by atoms with E-state index >= 15 is 0 Å². The molecule has 1 unspecified atom stereocenters. The van der Waals surface area contributed by atoms with Crippen LogP contribution in [-0.2, 0) is 0 Å². The smallest absolute Gasteiger partial charge is 0.0471 e. The monoisotopic (exact) mass is 205 g/mol. The molecule has 2 rings (SSSR count). The summed E-state index contributed by atoms with van der Waals surface area (Å²) in [7, 11) is 0. The Bertz CT molecular complexity index is 280. The Hall–Kier alpha value is -0.930. The van der Waals surface area contributed by atoms with Crippen molar-refractivity contribution < 1.29 is 0 Å². The van der Waals surface area contributed by atoms with Gasteiger partial charge < -0.3 is 5.73 Å². The molecule has 1 saturated heterocycles. The molecule has 3 heteroatoms. The molecule has 0 spiro atoms.